The van der Waals surface area contributed by atoms with Crippen molar-refractivity contribution in [3.05, 3.63) is 28.7 Å². The van der Waals surface area contributed by atoms with Gasteiger partial charge in [-0.2, -0.15) is 5.10 Å². The van der Waals surface area contributed by atoms with Gasteiger partial charge in [0.05, 0.1) is 11.6 Å². The minimum atomic E-state index is -0.151. The quantitative estimate of drug-likeness (QED) is 0.874. The van der Waals surface area contributed by atoms with Crippen LogP contribution in [0.1, 0.15) is 22.4 Å². The van der Waals surface area contributed by atoms with Crippen molar-refractivity contribution in [3.63, 3.8) is 0 Å². The van der Waals surface area contributed by atoms with Gasteiger partial charge in [0.1, 0.15) is 18.3 Å². The minimum Gasteiger partial charge on any atom is -0.346 e. The van der Waals surface area contributed by atoms with Gasteiger partial charge in [-0.25, -0.2) is 9.97 Å². The zero-order valence-corrected chi connectivity index (χ0v) is 10.4. The van der Waals surface area contributed by atoms with Crippen LogP contribution in [-0.4, -0.2) is 31.7 Å². The van der Waals surface area contributed by atoms with Gasteiger partial charge in [-0.3, -0.25) is 9.48 Å². The van der Waals surface area contributed by atoms with Crippen molar-refractivity contribution in [3.8, 4) is 0 Å². The van der Waals surface area contributed by atoms with Gasteiger partial charge in [0.15, 0.2) is 0 Å². The van der Waals surface area contributed by atoms with E-state index < -0.39 is 0 Å². The topological polar surface area (TPSA) is 72.7 Å². The number of hydrogen-bond acceptors (Lipinski definition) is 5. The SMILES string of the molecule is Cc1nc(C(=O)N[C@@H](C)Cn2cncn2)cs1. The molecule has 0 aliphatic rings. The summed E-state index contributed by atoms with van der Waals surface area (Å²) in [6.07, 6.45) is 3.09. The van der Waals surface area contributed by atoms with Crippen LogP contribution in [0.4, 0.5) is 0 Å². The molecule has 2 rings (SSSR count). The largest absolute Gasteiger partial charge is 0.346 e. The summed E-state index contributed by atoms with van der Waals surface area (Å²) in [7, 11) is 0. The number of rotatable bonds is 4. The summed E-state index contributed by atoms with van der Waals surface area (Å²) in [6.45, 7) is 4.38. The van der Waals surface area contributed by atoms with Crippen LogP contribution in [-0.2, 0) is 6.54 Å². The van der Waals surface area contributed by atoms with Crippen LogP contribution in [0.25, 0.3) is 0 Å². The molecule has 0 aliphatic carbocycles. The monoisotopic (exact) mass is 251 g/mol. The predicted molar refractivity (Wildman–Crippen MR) is 63.8 cm³/mol. The summed E-state index contributed by atoms with van der Waals surface area (Å²) in [4.78, 5) is 19.8. The third-order valence-corrected chi connectivity index (χ3v) is 2.93. The molecule has 7 heteroatoms. The average molecular weight is 251 g/mol. The highest BCUT2D eigenvalue weighted by molar-refractivity contribution is 7.09. The number of thiazole rings is 1. The standard InChI is InChI=1S/C10H13N5OS/c1-7(3-15-6-11-5-12-15)13-10(16)9-4-17-8(2)14-9/h4-7H,3H2,1-2H3,(H,13,16)/t7-/m0/s1. The van der Waals surface area contributed by atoms with Gasteiger partial charge in [0.2, 0.25) is 0 Å². The van der Waals surface area contributed by atoms with Crippen LogP contribution < -0.4 is 5.32 Å². The Kier molecular flexibility index (Phi) is 3.48. The first kappa shape index (κ1) is 11.7. The van der Waals surface area contributed by atoms with E-state index in [9.17, 15) is 4.79 Å². The average Bonchev–Trinajstić information content (AvgIpc) is 2.89. The fourth-order valence-corrected chi connectivity index (χ4v) is 2.01. The van der Waals surface area contributed by atoms with E-state index >= 15 is 0 Å². The Morgan fingerprint density at radius 3 is 3.06 bits per heavy atom. The highest BCUT2D eigenvalue weighted by Gasteiger charge is 2.12. The summed E-state index contributed by atoms with van der Waals surface area (Å²) in [6, 6.07) is -0.0220. The summed E-state index contributed by atoms with van der Waals surface area (Å²) >= 11 is 1.47. The number of carbonyl (C=O) groups excluding carboxylic acids is 1. The molecule has 6 nitrogen and oxygen atoms in total. The van der Waals surface area contributed by atoms with E-state index in [4.69, 9.17) is 0 Å². The van der Waals surface area contributed by atoms with Crippen LogP contribution >= 0.6 is 11.3 Å². The molecule has 0 unspecified atom stereocenters. The summed E-state index contributed by atoms with van der Waals surface area (Å²) in [5.74, 6) is -0.151. The normalized spacial score (nSPS) is 12.4. The zero-order valence-electron chi connectivity index (χ0n) is 9.62. The molecule has 0 spiro atoms. The van der Waals surface area contributed by atoms with Crippen molar-refractivity contribution in [2.24, 2.45) is 0 Å². The molecule has 90 valence electrons. The molecule has 0 aromatic carbocycles. The summed E-state index contributed by atoms with van der Waals surface area (Å²) in [5, 5.41) is 9.49. The lowest BCUT2D eigenvalue weighted by Crippen LogP contribution is -2.36. The zero-order chi connectivity index (χ0) is 12.3. The molecule has 1 atom stereocenters. The lowest BCUT2D eigenvalue weighted by Gasteiger charge is -2.12. The first-order valence-corrected chi connectivity index (χ1v) is 6.08. The molecule has 2 aromatic rings. The van der Waals surface area contributed by atoms with Gasteiger partial charge in [-0.15, -0.1) is 11.3 Å². The lowest BCUT2D eigenvalue weighted by molar-refractivity contribution is 0.0931. The predicted octanol–water partition coefficient (Wildman–Crippen LogP) is 0.862. The van der Waals surface area contributed by atoms with Crippen molar-refractivity contribution in [2.45, 2.75) is 26.4 Å². The first-order chi connectivity index (χ1) is 8.15. The smallest absolute Gasteiger partial charge is 0.271 e. The van der Waals surface area contributed by atoms with Gasteiger partial charge in [-0.05, 0) is 13.8 Å². The molecule has 2 heterocycles. The molecule has 1 amide bonds. The first-order valence-electron chi connectivity index (χ1n) is 5.20. The fraction of sp³-hybridized carbons (Fsp3) is 0.400. The molecule has 0 radical (unpaired) electrons. The van der Waals surface area contributed by atoms with Crippen molar-refractivity contribution >= 4 is 17.2 Å². The Hall–Kier alpha value is -1.76. The maximum absolute atomic E-state index is 11.8. The number of carbonyl (C=O) groups is 1. The number of nitrogens with zero attached hydrogens (tertiary/aromatic N) is 4. The second-order valence-electron chi connectivity index (χ2n) is 3.74. The maximum Gasteiger partial charge on any atom is 0.271 e. The maximum atomic E-state index is 11.8. The number of aromatic nitrogens is 4. The molecule has 0 saturated carbocycles. The Labute approximate surface area is 103 Å². The molecule has 1 N–H and O–H groups in total. The van der Waals surface area contributed by atoms with Gasteiger partial charge >= 0.3 is 0 Å². The molecule has 2 aromatic heterocycles. The third-order valence-electron chi connectivity index (χ3n) is 2.16. The minimum absolute atomic E-state index is 0.0220. The highest BCUT2D eigenvalue weighted by atomic mass is 32.1. The molecule has 0 saturated heterocycles. The fourth-order valence-electron chi connectivity index (χ4n) is 1.42. The van der Waals surface area contributed by atoms with Gasteiger partial charge < -0.3 is 5.32 Å². The lowest BCUT2D eigenvalue weighted by atomic mass is 10.3. The van der Waals surface area contributed by atoms with E-state index in [0.29, 0.717) is 12.2 Å². The molecular weight excluding hydrogens is 238 g/mol. The van der Waals surface area contributed by atoms with Crippen LogP contribution in [0.5, 0.6) is 0 Å². The van der Waals surface area contributed by atoms with E-state index in [1.807, 2.05) is 13.8 Å². The van der Waals surface area contributed by atoms with Crippen LogP contribution in [0.15, 0.2) is 18.0 Å². The molecule has 17 heavy (non-hydrogen) atoms. The number of hydrogen-bond donors (Lipinski definition) is 1. The number of aryl methyl sites for hydroxylation is 1. The van der Waals surface area contributed by atoms with Crippen LogP contribution in [0, 0.1) is 6.92 Å². The third kappa shape index (κ3) is 3.10. The van der Waals surface area contributed by atoms with Crippen molar-refractivity contribution < 1.29 is 4.79 Å². The second-order valence-corrected chi connectivity index (χ2v) is 4.81. The van der Waals surface area contributed by atoms with E-state index in [0.717, 1.165) is 5.01 Å². The van der Waals surface area contributed by atoms with Crippen LogP contribution in [0.2, 0.25) is 0 Å². The number of nitrogens with one attached hydrogen (secondary N) is 1. The van der Waals surface area contributed by atoms with Crippen LogP contribution in [0.3, 0.4) is 0 Å². The van der Waals surface area contributed by atoms with Crippen molar-refractivity contribution in [1.82, 2.24) is 25.1 Å². The second kappa shape index (κ2) is 5.05. The van der Waals surface area contributed by atoms with E-state index in [-0.39, 0.29) is 11.9 Å². The van der Waals surface area contributed by atoms with Gasteiger partial charge in [0.25, 0.3) is 5.91 Å². The van der Waals surface area contributed by atoms with Crippen molar-refractivity contribution in [1.29, 1.82) is 0 Å². The van der Waals surface area contributed by atoms with Crippen molar-refractivity contribution in [2.75, 3.05) is 0 Å². The Morgan fingerprint density at radius 2 is 2.47 bits per heavy atom. The summed E-state index contributed by atoms with van der Waals surface area (Å²) in [5.41, 5.74) is 0.470. The molecule has 0 bridgehead atoms. The van der Waals surface area contributed by atoms with E-state index in [1.54, 1.807) is 16.4 Å². The molecular formula is C10H13N5OS. The Balaban J connectivity index is 1.90. The van der Waals surface area contributed by atoms with Gasteiger partial charge in [-0.1, -0.05) is 0 Å². The van der Waals surface area contributed by atoms with E-state index in [2.05, 4.69) is 20.4 Å². The Morgan fingerprint density at radius 1 is 1.65 bits per heavy atom. The number of amides is 1. The van der Waals surface area contributed by atoms with Gasteiger partial charge in [0, 0.05) is 11.4 Å². The molecule has 0 aliphatic heterocycles. The summed E-state index contributed by atoms with van der Waals surface area (Å²) < 4.78 is 1.68. The molecule has 0 fully saturated rings. The highest BCUT2D eigenvalue weighted by Crippen LogP contribution is 2.07. The van der Waals surface area contributed by atoms with E-state index in [1.165, 1.54) is 17.7 Å². The Bertz CT molecular complexity index is 493.